The lowest BCUT2D eigenvalue weighted by atomic mass is 10.0. The predicted octanol–water partition coefficient (Wildman–Crippen LogP) is 7.30. The highest BCUT2D eigenvalue weighted by molar-refractivity contribution is 5.84. The first-order valence-corrected chi connectivity index (χ1v) is 12.2. The molecule has 4 heteroatoms. The van der Waals surface area contributed by atoms with Gasteiger partial charge in [-0.15, -0.1) is 0 Å². The second kappa shape index (κ2) is 14.9. The first kappa shape index (κ1) is 24.3. The maximum atomic E-state index is 12.4. The van der Waals surface area contributed by atoms with Crippen molar-refractivity contribution in [3.05, 3.63) is 40.8 Å². The number of hydrogen-bond donors (Lipinski definition) is 0. The van der Waals surface area contributed by atoms with E-state index in [-0.39, 0.29) is 11.5 Å². The number of rotatable bonds is 16. The topological polar surface area (TPSA) is 52.0 Å². The predicted molar refractivity (Wildman–Crippen MR) is 126 cm³/mol. The number of nitrogens with zero attached hydrogens (tertiary/aromatic N) is 2. The molecule has 0 N–H and O–H groups in total. The van der Waals surface area contributed by atoms with Crippen molar-refractivity contribution >= 4 is 16.7 Å². The molecule has 0 saturated carbocycles. The summed E-state index contributed by atoms with van der Waals surface area (Å²) in [6.45, 7) is 2.27. The third kappa shape index (κ3) is 8.81. The maximum absolute atomic E-state index is 12.4. The molecular weight excluding hydrogens is 372 g/mol. The molecule has 0 radical (unpaired) electrons. The van der Waals surface area contributed by atoms with Crippen molar-refractivity contribution in [2.75, 3.05) is 0 Å². The largest absolute Gasteiger partial charge is 0.281 e. The second-order valence-electron chi connectivity index (χ2n) is 8.54. The van der Waals surface area contributed by atoms with E-state index < -0.39 is 0 Å². The number of carbonyl (C=O) groups excluding carboxylic acids is 1. The summed E-state index contributed by atoms with van der Waals surface area (Å²) in [6, 6.07) is 7.27. The summed E-state index contributed by atoms with van der Waals surface area (Å²) in [5.74, 6) is -0.194. The normalized spacial score (nSPS) is 11.2. The number of hydrogen-bond acceptors (Lipinski definition) is 3. The molecule has 0 aliphatic rings. The Labute approximate surface area is 182 Å². The van der Waals surface area contributed by atoms with Crippen LogP contribution in [0.3, 0.4) is 0 Å². The maximum Gasteiger partial charge on any atom is 0.281 e. The van der Waals surface area contributed by atoms with Gasteiger partial charge in [0.25, 0.3) is 5.56 Å². The molecule has 0 saturated heterocycles. The fourth-order valence-electron chi connectivity index (χ4n) is 4.02. The number of fused-ring (bicyclic) bond motifs is 1. The van der Waals surface area contributed by atoms with Crippen molar-refractivity contribution in [2.24, 2.45) is 0 Å². The van der Waals surface area contributed by atoms with Crippen LogP contribution < -0.4 is 5.56 Å². The van der Waals surface area contributed by atoms with E-state index in [2.05, 4.69) is 12.0 Å². The van der Waals surface area contributed by atoms with Gasteiger partial charge in [0.15, 0.2) is 0 Å². The molecule has 166 valence electrons. The van der Waals surface area contributed by atoms with Gasteiger partial charge in [-0.1, -0.05) is 115 Å². The van der Waals surface area contributed by atoms with E-state index in [0.29, 0.717) is 11.8 Å². The molecule has 30 heavy (non-hydrogen) atoms. The summed E-state index contributed by atoms with van der Waals surface area (Å²) in [4.78, 5) is 24.8. The molecule has 0 unspecified atom stereocenters. The molecule has 0 aliphatic heterocycles. The molecule has 1 aromatic heterocycles. The van der Waals surface area contributed by atoms with Crippen molar-refractivity contribution in [1.82, 2.24) is 9.78 Å². The molecular formula is C26H40N2O2. The number of unbranched alkanes of at least 4 members (excludes halogenated alkanes) is 14. The molecule has 0 bridgehead atoms. The zero-order chi connectivity index (χ0) is 21.4. The highest BCUT2D eigenvalue weighted by Gasteiger charge is 2.10. The highest BCUT2D eigenvalue weighted by Crippen LogP contribution is 2.14. The number of aromatic nitrogens is 2. The standard InChI is InChI=1S/C26H40N2O2/c1-2-3-4-5-6-7-8-9-10-11-12-13-14-15-16-21-25(29)28-26(30)24-20-18-17-19-23(24)22-27-28/h17-20,22H,2-16,21H2,1H3. The molecule has 0 atom stereocenters. The average Bonchev–Trinajstić information content (AvgIpc) is 2.76. The van der Waals surface area contributed by atoms with E-state index in [0.717, 1.165) is 22.9 Å². The minimum atomic E-state index is -0.306. The van der Waals surface area contributed by atoms with Crippen molar-refractivity contribution in [3.63, 3.8) is 0 Å². The van der Waals surface area contributed by atoms with Gasteiger partial charge in [-0.05, 0) is 12.5 Å². The summed E-state index contributed by atoms with van der Waals surface area (Å²) in [5, 5.41) is 5.38. The van der Waals surface area contributed by atoms with Crippen LogP contribution in [0.25, 0.3) is 10.8 Å². The van der Waals surface area contributed by atoms with Crippen LogP contribution in [-0.2, 0) is 0 Å². The van der Waals surface area contributed by atoms with Crippen LogP contribution in [0.4, 0.5) is 0 Å². The van der Waals surface area contributed by atoms with Crippen molar-refractivity contribution < 1.29 is 4.79 Å². The average molecular weight is 413 g/mol. The lowest BCUT2D eigenvalue weighted by molar-refractivity contribution is 0.0877. The Hall–Kier alpha value is -1.97. The smallest absolute Gasteiger partial charge is 0.272 e. The summed E-state index contributed by atoms with van der Waals surface area (Å²) >= 11 is 0. The molecule has 0 fully saturated rings. The zero-order valence-electron chi connectivity index (χ0n) is 18.9. The van der Waals surface area contributed by atoms with Crippen molar-refractivity contribution in [2.45, 2.75) is 110 Å². The Morgan fingerprint density at radius 2 is 1.27 bits per heavy atom. The van der Waals surface area contributed by atoms with E-state index in [4.69, 9.17) is 0 Å². The summed E-state index contributed by atoms with van der Waals surface area (Å²) in [5.41, 5.74) is -0.306. The van der Waals surface area contributed by atoms with Crippen LogP contribution in [0.1, 0.15) is 114 Å². The lowest BCUT2D eigenvalue weighted by Gasteiger charge is -2.05. The molecule has 0 amide bonds. The van der Waals surface area contributed by atoms with Gasteiger partial charge < -0.3 is 0 Å². The van der Waals surface area contributed by atoms with E-state index in [1.165, 1.54) is 83.5 Å². The lowest BCUT2D eigenvalue weighted by Crippen LogP contribution is -2.28. The van der Waals surface area contributed by atoms with E-state index >= 15 is 0 Å². The van der Waals surface area contributed by atoms with Gasteiger partial charge >= 0.3 is 0 Å². The SMILES string of the molecule is CCCCCCCCCCCCCCCCCC(=O)n1ncc2ccccc2c1=O. The van der Waals surface area contributed by atoms with E-state index in [1.807, 2.05) is 18.2 Å². The number of benzene rings is 1. The van der Waals surface area contributed by atoms with Gasteiger partial charge in [0.05, 0.1) is 11.6 Å². The Morgan fingerprint density at radius 1 is 0.767 bits per heavy atom. The molecule has 2 aromatic rings. The van der Waals surface area contributed by atoms with Crippen LogP contribution in [-0.4, -0.2) is 15.7 Å². The van der Waals surface area contributed by atoms with Crippen LogP contribution >= 0.6 is 0 Å². The fourth-order valence-corrected chi connectivity index (χ4v) is 4.02. The first-order valence-electron chi connectivity index (χ1n) is 12.2. The van der Waals surface area contributed by atoms with Gasteiger partial charge in [0.2, 0.25) is 5.91 Å². The fraction of sp³-hybridized carbons (Fsp3) is 0.654. The molecule has 0 spiro atoms. The Morgan fingerprint density at radius 3 is 1.83 bits per heavy atom. The highest BCUT2D eigenvalue weighted by atomic mass is 16.2. The second-order valence-corrected chi connectivity index (χ2v) is 8.54. The van der Waals surface area contributed by atoms with Gasteiger partial charge in [0, 0.05) is 11.8 Å². The monoisotopic (exact) mass is 412 g/mol. The molecule has 0 aliphatic carbocycles. The van der Waals surface area contributed by atoms with Gasteiger partial charge in [-0.3, -0.25) is 9.59 Å². The number of carbonyl (C=O) groups is 1. The van der Waals surface area contributed by atoms with Gasteiger partial charge in [-0.25, -0.2) is 0 Å². The summed E-state index contributed by atoms with van der Waals surface area (Å²) in [7, 11) is 0. The van der Waals surface area contributed by atoms with E-state index in [9.17, 15) is 9.59 Å². The van der Waals surface area contributed by atoms with Gasteiger partial charge in [-0.2, -0.15) is 9.78 Å². The zero-order valence-corrected chi connectivity index (χ0v) is 18.9. The molecule has 1 aromatic carbocycles. The third-order valence-electron chi connectivity index (χ3n) is 5.93. The minimum absolute atomic E-state index is 0.194. The quantitative estimate of drug-likeness (QED) is 0.272. The molecule has 2 rings (SSSR count). The third-order valence-corrected chi connectivity index (χ3v) is 5.93. The van der Waals surface area contributed by atoms with Gasteiger partial charge in [0.1, 0.15) is 0 Å². The Bertz CT molecular complexity index is 797. The minimum Gasteiger partial charge on any atom is -0.272 e. The summed E-state index contributed by atoms with van der Waals surface area (Å²) < 4.78 is 1.03. The first-order chi connectivity index (χ1) is 14.7. The summed E-state index contributed by atoms with van der Waals surface area (Å²) in [6.07, 6.45) is 21.5. The molecule has 1 heterocycles. The van der Waals surface area contributed by atoms with E-state index in [1.54, 1.807) is 12.3 Å². The van der Waals surface area contributed by atoms with Crippen LogP contribution in [0, 0.1) is 0 Å². The Balaban J connectivity index is 1.47. The van der Waals surface area contributed by atoms with Crippen LogP contribution in [0.15, 0.2) is 35.3 Å². The van der Waals surface area contributed by atoms with Crippen molar-refractivity contribution in [3.8, 4) is 0 Å². The van der Waals surface area contributed by atoms with Crippen molar-refractivity contribution in [1.29, 1.82) is 0 Å². The van der Waals surface area contributed by atoms with Crippen LogP contribution in [0.2, 0.25) is 0 Å². The molecule has 4 nitrogen and oxygen atoms in total. The van der Waals surface area contributed by atoms with Crippen LogP contribution in [0.5, 0.6) is 0 Å². The Kier molecular flexibility index (Phi) is 12.1.